The minimum Gasteiger partial charge on any atom is -0.456 e. The van der Waals surface area contributed by atoms with Gasteiger partial charge in [0.05, 0.1) is 5.56 Å². The van der Waals surface area contributed by atoms with Gasteiger partial charge in [-0.15, -0.1) is 11.6 Å². The topological polar surface area (TPSA) is 26.3 Å². The molecule has 0 bridgehead atoms. The molecule has 0 radical (unpaired) electrons. The number of benzene rings is 1. The number of hydrogen-bond donors (Lipinski definition) is 0. The molecule has 88 valence electrons. The number of alkyl halides is 1. The lowest BCUT2D eigenvalue weighted by atomic mass is 10.1. The van der Waals surface area contributed by atoms with E-state index < -0.39 is 5.60 Å². The Morgan fingerprint density at radius 3 is 2.56 bits per heavy atom. The smallest absolute Gasteiger partial charge is 0.340 e. The molecule has 4 heteroatoms. The molecule has 0 aliphatic carbocycles. The summed E-state index contributed by atoms with van der Waals surface area (Å²) in [7, 11) is 0. The monoisotopic (exact) mass is 352 g/mol. The van der Waals surface area contributed by atoms with E-state index >= 15 is 0 Å². The average molecular weight is 353 g/mol. The van der Waals surface area contributed by atoms with E-state index in [1.54, 1.807) is 0 Å². The van der Waals surface area contributed by atoms with Crippen LogP contribution in [0.25, 0.3) is 0 Å². The maximum absolute atomic E-state index is 12.0. The Hall–Kier alpha value is -0.290. The molecular weight excluding hydrogens is 338 g/mol. The molecule has 0 aliphatic heterocycles. The van der Waals surface area contributed by atoms with Crippen LogP contribution < -0.4 is 0 Å². The Labute approximate surface area is 114 Å². The zero-order chi connectivity index (χ0) is 12.3. The molecule has 0 amide bonds. The quantitative estimate of drug-likeness (QED) is 0.457. The van der Waals surface area contributed by atoms with Crippen molar-refractivity contribution < 1.29 is 9.53 Å². The molecule has 0 unspecified atom stereocenters. The highest BCUT2D eigenvalue weighted by Crippen LogP contribution is 2.22. The van der Waals surface area contributed by atoms with Crippen LogP contribution in [0, 0.1) is 3.57 Å². The largest absolute Gasteiger partial charge is 0.456 e. The molecule has 1 rings (SSSR count). The Balaban J connectivity index is 3.08. The summed E-state index contributed by atoms with van der Waals surface area (Å²) in [5.41, 5.74) is 0.899. The summed E-state index contributed by atoms with van der Waals surface area (Å²) in [6.07, 6.45) is 0. The standard InChI is InChI=1S/C12H14ClIO2/c1-12(2,3)16-11(15)10-8(7-13)5-4-6-9(10)14/h4-6H,7H2,1-3H3. The highest BCUT2D eigenvalue weighted by molar-refractivity contribution is 14.1. The molecule has 1 aromatic rings. The van der Waals surface area contributed by atoms with Crippen LogP contribution in [0.2, 0.25) is 0 Å². The van der Waals surface area contributed by atoms with Crippen LogP contribution in [0.3, 0.4) is 0 Å². The summed E-state index contributed by atoms with van der Waals surface area (Å²) in [6, 6.07) is 5.59. The summed E-state index contributed by atoms with van der Waals surface area (Å²) in [4.78, 5) is 12.0. The van der Waals surface area contributed by atoms with E-state index in [-0.39, 0.29) is 5.97 Å². The maximum atomic E-state index is 12.0. The van der Waals surface area contributed by atoms with Crippen LogP contribution in [0.15, 0.2) is 18.2 Å². The molecule has 0 saturated carbocycles. The summed E-state index contributed by atoms with van der Waals surface area (Å²) in [6.45, 7) is 5.54. The third-order valence-corrected chi connectivity index (χ3v) is 3.03. The predicted octanol–water partition coefficient (Wildman–Crippen LogP) is 3.99. The molecule has 0 N–H and O–H groups in total. The molecule has 0 atom stereocenters. The van der Waals surface area contributed by atoms with E-state index in [2.05, 4.69) is 22.6 Å². The van der Waals surface area contributed by atoms with Gasteiger partial charge in [0.25, 0.3) is 0 Å². The number of hydrogen-bond acceptors (Lipinski definition) is 2. The molecule has 0 spiro atoms. The molecular formula is C12H14ClIO2. The fourth-order valence-electron chi connectivity index (χ4n) is 1.24. The second-order valence-corrected chi connectivity index (χ2v) is 5.84. The normalized spacial score (nSPS) is 11.3. The fourth-order valence-corrected chi connectivity index (χ4v) is 2.23. The van der Waals surface area contributed by atoms with Crippen LogP contribution in [-0.2, 0) is 10.6 Å². The van der Waals surface area contributed by atoms with Gasteiger partial charge in [0, 0.05) is 9.45 Å². The molecule has 16 heavy (non-hydrogen) atoms. The predicted molar refractivity (Wildman–Crippen MR) is 73.9 cm³/mol. The van der Waals surface area contributed by atoms with Crippen molar-refractivity contribution in [2.75, 3.05) is 0 Å². The minimum atomic E-state index is -0.487. The Kier molecular flexibility index (Phi) is 4.62. The second-order valence-electron chi connectivity index (χ2n) is 4.41. The van der Waals surface area contributed by atoms with Crippen molar-refractivity contribution in [1.82, 2.24) is 0 Å². The second kappa shape index (κ2) is 5.36. The van der Waals surface area contributed by atoms with Crippen molar-refractivity contribution in [1.29, 1.82) is 0 Å². The molecule has 1 aromatic carbocycles. The number of rotatable bonds is 2. The summed E-state index contributed by atoms with van der Waals surface area (Å²) in [5.74, 6) is -0.000968. The number of carbonyl (C=O) groups is 1. The maximum Gasteiger partial charge on any atom is 0.340 e. The van der Waals surface area contributed by atoms with Crippen molar-refractivity contribution in [3.05, 3.63) is 32.9 Å². The summed E-state index contributed by atoms with van der Waals surface area (Å²) in [5, 5.41) is 0. The highest BCUT2D eigenvalue weighted by Gasteiger charge is 2.21. The number of halogens is 2. The molecule has 0 fully saturated rings. The molecule has 0 heterocycles. The molecule has 0 saturated heterocycles. The van der Waals surface area contributed by atoms with Gasteiger partial charge in [-0.3, -0.25) is 0 Å². The third-order valence-electron chi connectivity index (χ3n) is 1.85. The van der Waals surface area contributed by atoms with Gasteiger partial charge >= 0.3 is 5.97 Å². The molecule has 0 aromatic heterocycles. The van der Waals surface area contributed by atoms with Gasteiger partial charge in [-0.05, 0) is 55.0 Å². The van der Waals surface area contributed by atoms with Crippen LogP contribution in [0.5, 0.6) is 0 Å². The zero-order valence-corrected chi connectivity index (χ0v) is 12.4. The Bertz CT molecular complexity index is 396. The fraction of sp³-hybridized carbons (Fsp3) is 0.417. The highest BCUT2D eigenvalue weighted by atomic mass is 127. The van der Waals surface area contributed by atoms with Crippen molar-refractivity contribution in [2.45, 2.75) is 32.3 Å². The van der Waals surface area contributed by atoms with Gasteiger partial charge in [0.1, 0.15) is 5.60 Å². The van der Waals surface area contributed by atoms with Crippen molar-refractivity contribution in [3.63, 3.8) is 0 Å². The van der Waals surface area contributed by atoms with Gasteiger partial charge in [-0.1, -0.05) is 12.1 Å². The summed E-state index contributed by atoms with van der Waals surface area (Å²) < 4.78 is 6.21. The van der Waals surface area contributed by atoms with Gasteiger partial charge in [0.2, 0.25) is 0 Å². The lowest BCUT2D eigenvalue weighted by Gasteiger charge is -2.20. The first-order valence-corrected chi connectivity index (χ1v) is 6.53. The molecule has 0 aliphatic rings. The number of ether oxygens (including phenoxy) is 1. The zero-order valence-electron chi connectivity index (χ0n) is 9.51. The average Bonchev–Trinajstić information content (AvgIpc) is 2.14. The van der Waals surface area contributed by atoms with E-state index in [4.69, 9.17) is 16.3 Å². The van der Waals surface area contributed by atoms with Gasteiger partial charge in [-0.25, -0.2) is 4.79 Å². The van der Waals surface area contributed by atoms with E-state index in [1.165, 1.54) is 0 Å². The van der Waals surface area contributed by atoms with E-state index in [9.17, 15) is 4.79 Å². The Morgan fingerprint density at radius 2 is 2.06 bits per heavy atom. The van der Waals surface area contributed by atoms with Crippen molar-refractivity contribution >= 4 is 40.2 Å². The third kappa shape index (κ3) is 3.63. The van der Waals surface area contributed by atoms with Crippen LogP contribution in [-0.4, -0.2) is 11.6 Å². The van der Waals surface area contributed by atoms with Crippen LogP contribution in [0.1, 0.15) is 36.7 Å². The van der Waals surface area contributed by atoms with E-state index in [0.29, 0.717) is 11.4 Å². The first-order chi connectivity index (χ1) is 7.35. The van der Waals surface area contributed by atoms with Crippen molar-refractivity contribution in [2.24, 2.45) is 0 Å². The summed E-state index contributed by atoms with van der Waals surface area (Å²) >= 11 is 7.92. The first kappa shape index (κ1) is 13.8. The number of esters is 1. The van der Waals surface area contributed by atoms with Gasteiger partial charge in [-0.2, -0.15) is 0 Å². The van der Waals surface area contributed by atoms with Gasteiger partial charge in [0.15, 0.2) is 0 Å². The van der Waals surface area contributed by atoms with Gasteiger partial charge < -0.3 is 4.74 Å². The SMILES string of the molecule is CC(C)(C)OC(=O)c1c(I)cccc1CCl. The lowest BCUT2D eigenvalue weighted by molar-refractivity contribution is 0.00674. The lowest BCUT2D eigenvalue weighted by Crippen LogP contribution is -2.25. The number of carbonyl (C=O) groups excluding carboxylic acids is 1. The van der Waals surface area contributed by atoms with Crippen LogP contribution in [0.4, 0.5) is 0 Å². The van der Waals surface area contributed by atoms with Crippen molar-refractivity contribution in [3.8, 4) is 0 Å². The minimum absolute atomic E-state index is 0.311. The van der Waals surface area contributed by atoms with E-state index in [1.807, 2.05) is 39.0 Å². The Morgan fingerprint density at radius 1 is 1.44 bits per heavy atom. The first-order valence-electron chi connectivity index (χ1n) is 4.92. The van der Waals surface area contributed by atoms with Crippen LogP contribution >= 0.6 is 34.2 Å². The van der Waals surface area contributed by atoms with E-state index in [0.717, 1.165) is 9.13 Å². The molecule has 2 nitrogen and oxygen atoms in total.